The van der Waals surface area contributed by atoms with Gasteiger partial charge in [-0.2, -0.15) is 0 Å². The van der Waals surface area contributed by atoms with E-state index in [1.807, 2.05) is 24.0 Å². The number of hydrogen-bond acceptors (Lipinski definition) is 2. The summed E-state index contributed by atoms with van der Waals surface area (Å²) in [6.45, 7) is 3.80. The highest BCUT2D eigenvalue weighted by Gasteiger charge is 2.22. The van der Waals surface area contributed by atoms with Crippen LogP contribution in [0.2, 0.25) is 0 Å². The number of carbonyl (C=O) groups excluding carboxylic acids is 1. The smallest absolute Gasteiger partial charge is 0.263 e. The second-order valence-corrected chi connectivity index (χ2v) is 6.46. The predicted octanol–water partition coefficient (Wildman–Crippen LogP) is 3.06. The average molecular weight is 288 g/mol. The lowest BCUT2D eigenvalue weighted by Crippen LogP contribution is -2.38. The summed E-state index contributed by atoms with van der Waals surface area (Å²) in [5, 5.41) is 0. The second kappa shape index (κ2) is 4.66. The van der Waals surface area contributed by atoms with Gasteiger partial charge in [0.25, 0.3) is 5.91 Å². The Kier molecular flexibility index (Phi) is 3.46. The molecule has 1 fully saturated rings. The van der Waals surface area contributed by atoms with Gasteiger partial charge in [-0.15, -0.1) is 11.3 Å². The molecule has 2 rings (SSSR count). The second-order valence-electron chi connectivity index (χ2n) is 3.88. The fourth-order valence-corrected chi connectivity index (χ4v) is 3.00. The fraction of sp³-hybridized carbons (Fsp3) is 0.545. The molecule has 1 amide bonds. The monoisotopic (exact) mass is 287 g/mol. The van der Waals surface area contributed by atoms with Crippen LogP contribution in [0.5, 0.6) is 0 Å². The van der Waals surface area contributed by atoms with Crippen molar-refractivity contribution in [1.29, 1.82) is 0 Å². The molecule has 0 atom stereocenters. The molecule has 0 aliphatic carbocycles. The van der Waals surface area contributed by atoms with Crippen molar-refractivity contribution < 1.29 is 4.79 Å². The molecule has 1 saturated heterocycles. The van der Waals surface area contributed by atoms with Crippen LogP contribution in [-0.4, -0.2) is 28.7 Å². The van der Waals surface area contributed by atoms with Crippen LogP contribution in [0.15, 0.2) is 12.1 Å². The molecule has 2 heterocycles. The molecule has 2 nitrogen and oxygen atoms in total. The van der Waals surface area contributed by atoms with Gasteiger partial charge in [0.1, 0.15) is 0 Å². The summed E-state index contributed by atoms with van der Waals surface area (Å²) in [6.07, 6.45) is 2.13. The largest absolute Gasteiger partial charge is 0.338 e. The summed E-state index contributed by atoms with van der Waals surface area (Å²) in [6, 6.07) is 3.94. The Labute approximate surface area is 102 Å². The van der Waals surface area contributed by atoms with E-state index in [1.54, 1.807) is 11.3 Å². The molecular weight excluding hydrogens is 274 g/mol. The van der Waals surface area contributed by atoms with Crippen molar-refractivity contribution >= 4 is 33.2 Å². The van der Waals surface area contributed by atoms with E-state index in [9.17, 15) is 4.79 Å². The first-order chi connectivity index (χ1) is 7.16. The van der Waals surface area contributed by atoms with Gasteiger partial charge in [0.2, 0.25) is 0 Å². The SMILES string of the molecule is Cc1ccc(C(=O)N2CCC(Br)CC2)s1. The lowest BCUT2D eigenvalue weighted by molar-refractivity contribution is 0.0733. The van der Waals surface area contributed by atoms with E-state index in [0.717, 1.165) is 30.8 Å². The van der Waals surface area contributed by atoms with Crippen molar-refractivity contribution in [1.82, 2.24) is 4.90 Å². The summed E-state index contributed by atoms with van der Waals surface area (Å²) in [7, 11) is 0. The van der Waals surface area contributed by atoms with Gasteiger partial charge in [0.15, 0.2) is 0 Å². The first kappa shape index (κ1) is 11.1. The maximum Gasteiger partial charge on any atom is 0.263 e. The average Bonchev–Trinajstić information content (AvgIpc) is 2.65. The van der Waals surface area contributed by atoms with Gasteiger partial charge >= 0.3 is 0 Å². The van der Waals surface area contributed by atoms with Crippen molar-refractivity contribution in [2.75, 3.05) is 13.1 Å². The number of alkyl halides is 1. The molecule has 0 unspecified atom stereocenters. The third-order valence-electron chi connectivity index (χ3n) is 2.66. The highest BCUT2D eigenvalue weighted by molar-refractivity contribution is 9.09. The number of likely N-dealkylation sites (tertiary alicyclic amines) is 1. The van der Waals surface area contributed by atoms with Gasteiger partial charge in [-0.05, 0) is 31.9 Å². The number of piperidine rings is 1. The van der Waals surface area contributed by atoms with Gasteiger partial charge in [-0.3, -0.25) is 4.79 Å². The number of nitrogens with zero attached hydrogens (tertiary/aromatic N) is 1. The highest BCUT2D eigenvalue weighted by Crippen LogP contribution is 2.22. The van der Waals surface area contributed by atoms with Crippen LogP contribution in [0.1, 0.15) is 27.4 Å². The molecule has 15 heavy (non-hydrogen) atoms. The van der Waals surface area contributed by atoms with E-state index in [2.05, 4.69) is 15.9 Å². The van der Waals surface area contributed by atoms with E-state index in [4.69, 9.17) is 0 Å². The molecule has 0 bridgehead atoms. The molecule has 82 valence electrons. The molecule has 0 aromatic carbocycles. The number of aryl methyl sites for hydroxylation is 1. The molecule has 0 N–H and O–H groups in total. The number of amides is 1. The van der Waals surface area contributed by atoms with Crippen LogP contribution >= 0.6 is 27.3 Å². The summed E-state index contributed by atoms with van der Waals surface area (Å²) in [4.78, 5) is 16.7. The zero-order chi connectivity index (χ0) is 10.8. The number of rotatable bonds is 1. The van der Waals surface area contributed by atoms with Crippen molar-refractivity contribution in [3.05, 3.63) is 21.9 Å². The first-order valence-corrected chi connectivity index (χ1v) is 6.90. The van der Waals surface area contributed by atoms with E-state index in [-0.39, 0.29) is 5.91 Å². The lowest BCUT2D eigenvalue weighted by Gasteiger charge is -2.29. The first-order valence-electron chi connectivity index (χ1n) is 5.16. The third-order valence-corrected chi connectivity index (χ3v) is 4.57. The van der Waals surface area contributed by atoms with Gasteiger partial charge in [0, 0.05) is 22.8 Å². The number of hydrogen-bond donors (Lipinski definition) is 0. The van der Waals surface area contributed by atoms with Crippen LogP contribution in [0.3, 0.4) is 0 Å². The summed E-state index contributed by atoms with van der Waals surface area (Å²) in [5.41, 5.74) is 0. The topological polar surface area (TPSA) is 20.3 Å². The predicted molar refractivity (Wildman–Crippen MR) is 66.9 cm³/mol. The van der Waals surface area contributed by atoms with Crippen LogP contribution in [0, 0.1) is 6.92 Å². The lowest BCUT2D eigenvalue weighted by atomic mass is 10.1. The van der Waals surface area contributed by atoms with Gasteiger partial charge < -0.3 is 4.90 Å². The Morgan fingerprint density at radius 1 is 1.47 bits per heavy atom. The Bertz CT molecular complexity index is 355. The van der Waals surface area contributed by atoms with E-state index in [1.165, 1.54) is 4.88 Å². The van der Waals surface area contributed by atoms with Gasteiger partial charge in [-0.25, -0.2) is 0 Å². The van der Waals surface area contributed by atoms with Crippen LogP contribution in [0.25, 0.3) is 0 Å². The number of thiophene rings is 1. The zero-order valence-corrected chi connectivity index (χ0v) is 11.1. The van der Waals surface area contributed by atoms with Crippen molar-refractivity contribution in [2.24, 2.45) is 0 Å². The molecule has 1 aliphatic rings. The van der Waals surface area contributed by atoms with Gasteiger partial charge in [0.05, 0.1) is 4.88 Å². The minimum Gasteiger partial charge on any atom is -0.338 e. The molecular formula is C11H14BrNOS. The Hall–Kier alpha value is -0.350. The molecule has 0 radical (unpaired) electrons. The van der Waals surface area contributed by atoms with E-state index in [0.29, 0.717) is 4.83 Å². The summed E-state index contributed by atoms with van der Waals surface area (Å²) >= 11 is 5.18. The maximum atomic E-state index is 12.0. The number of halogens is 1. The van der Waals surface area contributed by atoms with Crippen molar-refractivity contribution in [3.63, 3.8) is 0 Å². The zero-order valence-electron chi connectivity index (χ0n) is 8.70. The van der Waals surface area contributed by atoms with Gasteiger partial charge in [-0.1, -0.05) is 15.9 Å². The summed E-state index contributed by atoms with van der Waals surface area (Å²) in [5.74, 6) is 0.201. The standard InChI is InChI=1S/C11H14BrNOS/c1-8-2-3-10(15-8)11(14)13-6-4-9(12)5-7-13/h2-3,9H,4-7H2,1H3. The van der Waals surface area contributed by atoms with Crippen LogP contribution < -0.4 is 0 Å². The van der Waals surface area contributed by atoms with E-state index >= 15 is 0 Å². The summed E-state index contributed by atoms with van der Waals surface area (Å²) < 4.78 is 0. The van der Waals surface area contributed by atoms with Crippen molar-refractivity contribution in [3.8, 4) is 0 Å². The minimum absolute atomic E-state index is 0.201. The number of carbonyl (C=O) groups is 1. The molecule has 1 aliphatic heterocycles. The molecule has 0 spiro atoms. The molecule has 0 saturated carbocycles. The fourth-order valence-electron chi connectivity index (χ4n) is 1.76. The van der Waals surface area contributed by atoms with Crippen molar-refractivity contribution in [2.45, 2.75) is 24.6 Å². The van der Waals surface area contributed by atoms with Crippen LogP contribution in [-0.2, 0) is 0 Å². The van der Waals surface area contributed by atoms with Crippen LogP contribution in [0.4, 0.5) is 0 Å². The molecule has 1 aromatic heterocycles. The molecule has 1 aromatic rings. The quantitative estimate of drug-likeness (QED) is 0.727. The van der Waals surface area contributed by atoms with E-state index < -0.39 is 0 Å². The maximum absolute atomic E-state index is 12.0. The Morgan fingerprint density at radius 3 is 2.67 bits per heavy atom. The normalized spacial score (nSPS) is 18.1. The third kappa shape index (κ3) is 2.61. The molecule has 4 heteroatoms. The Morgan fingerprint density at radius 2 is 2.13 bits per heavy atom. The highest BCUT2D eigenvalue weighted by atomic mass is 79.9. The minimum atomic E-state index is 0.201. The Balaban J connectivity index is 2.02.